The Kier molecular flexibility index (Phi) is 5.05. The van der Waals surface area contributed by atoms with Gasteiger partial charge >= 0.3 is 0 Å². The second kappa shape index (κ2) is 7.40. The number of anilines is 2. The minimum absolute atomic E-state index is 0.0130. The number of likely N-dealkylation sites (N-methyl/N-ethyl adjacent to an activating group) is 1. The summed E-state index contributed by atoms with van der Waals surface area (Å²) in [4.78, 5) is 21.1. The number of pyridine rings is 1. The molecule has 5 nitrogen and oxygen atoms in total. The Morgan fingerprint density at radius 3 is 2.54 bits per heavy atom. The van der Waals surface area contributed by atoms with Crippen LogP contribution in [-0.2, 0) is 0 Å². The Morgan fingerprint density at radius 1 is 1.17 bits per heavy atom. The second-order valence-electron chi connectivity index (χ2n) is 5.76. The first-order valence-corrected chi connectivity index (χ1v) is 8.16. The number of nitrogens with zero attached hydrogens (tertiary/aromatic N) is 3. The predicted molar refractivity (Wildman–Crippen MR) is 92.9 cm³/mol. The van der Waals surface area contributed by atoms with Crippen molar-refractivity contribution in [2.24, 2.45) is 0 Å². The number of amides is 1. The molecule has 1 fully saturated rings. The van der Waals surface area contributed by atoms with Crippen molar-refractivity contribution in [3.05, 3.63) is 54.0 Å². The van der Waals surface area contributed by atoms with E-state index < -0.39 is 11.7 Å². The molecule has 0 saturated carbocycles. The molecule has 1 saturated heterocycles. The number of hydrogen-bond donors (Lipinski definition) is 1. The Bertz CT molecular complexity index is 696. The lowest BCUT2D eigenvalue weighted by Gasteiger charge is -2.35. The zero-order valence-electron chi connectivity index (χ0n) is 13.7. The van der Waals surface area contributed by atoms with E-state index >= 15 is 0 Å². The van der Waals surface area contributed by atoms with Crippen molar-refractivity contribution in [2.45, 2.75) is 6.92 Å². The average molecular weight is 328 g/mol. The minimum atomic E-state index is -0.541. The van der Waals surface area contributed by atoms with Crippen molar-refractivity contribution >= 4 is 17.4 Å². The number of carbonyl (C=O) groups excluding carboxylic acids is 1. The molecule has 126 valence electrons. The molecule has 1 aliphatic heterocycles. The summed E-state index contributed by atoms with van der Waals surface area (Å²) in [6, 6.07) is 9.58. The first-order chi connectivity index (χ1) is 11.7. The van der Waals surface area contributed by atoms with Crippen LogP contribution in [0.25, 0.3) is 0 Å². The molecule has 1 aromatic carbocycles. The van der Waals surface area contributed by atoms with Crippen LogP contribution in [0.5, 0.6) is 0 Å². The van der Waals surface area contributed by atoms with E-state index in [-0.39, 0.29) is 5.56 Å². The molecule has 3 rings (SSSR count). The maximum absolute atomic E-state index is 13.6. The summed E-state index contributed by atoms with van der Waals surface area (Å²) in [5.41, 5.74) is 1.05. The topological polar surface area (TPSA) is 48.5 Å². The standard InChI is InChI=1S/C18H21FN4O/c1-2-22-9-11-23(12-10-22)14-7-8-17(20-13-14)21-18(24)15-5-3-4-6-16(15)19/h3-8,13H,2,9-12H2,1H3,(H,20,21,24). The number of nitrogens with one attached hydrogen (secondary N) is 1. The fourth-order valence-corrected chi connectivity index (χ4v) is 2.80. The summed E-state index contributed by atoms with van der Waals surface area (Å²) < 4.78 is 13.6. The van der Waals surface area contributed by atoms with Crippen LogP contribution in [-0.4, -0.2) is 48.5 Å². The third kappa shape index (κ3) is 3.71. The highest BCUT2D eigenvalue weighted by molar-refractivity contribution is 6.03. The van der Waals surface area contributed by atoms with Gasteiger partial charge in [-0.15, -0.1) is 0 Å². The van der Waals surface area contributed by atoms with Gasteiger partial charge in [0.25, 0.3) is 5.91 Å². The largest absolute Gasteiger partial charge is 0.368 e. The number of carbonyl (C=O) groups is 1. The monoisotopic (exact) mass is 328 g/mol. The molecule has 0 unspecified atom stereocenters. The van der Waals surface area contributed by atoms with Crippen molar-refractivity contribution in [3.63, 3.8) is 0 Å². The summed E-state index contributed by atoms with van der Waals surface area (Å²) in [7, 11) is 0. The number of benzene rings is 1. The van der Waals surface area contributed by atoms with Gasteiger partial charge in [0.2, 0.25) is 0 Å². The summed E-state index contributed by atoms with van der Waals surface area (Å²) in [6.45, 7) is 7.27. The van der Waals surface area contributed by atoms with E-state index in [1.807, 2.05) is 6.07 Å². The fraction of sp³-hybridized carbons (Fsp3) is 0.333. The highest BCUT2D eigenvalue weighted by Gasteiger charge is 2.16. The van der Waals surface area contributed by atoms with Gasteiger partial charge < -0.3 is 15.1 Å². The lowest BCUT2D eigenvalue weighted by atomic mass is 10.2. The van der Waals surface area contributed by atoms with E-state index in [1.165, 1.54) is 12.1 Å². The van der Waals surface area contributed by atoms with Crippen LogP contribution in [0, 0.1) is 5.82 Å². The number of halogens is 1. The molecule has 1 aliphatic rings. The van der Waals surface area contributed by atoms with E-state index in [1.54, 1.807) is 24.4 Å². The Balaban J connectivity index is 1.63. The zero-order chi connectivity index (χ0) is 16.9. The second-order valence-corrected chi connectivity index (χ2v) is 5.76. The van der Waals surface area contributed by atoms with E-state index in [0.717, 1.165) is 38.4 Å². The smallest absolute Gasteiger partial charge is 0.259 e. The molecule has 1 aromatic heterocycles. The summed E-state index contributed by atoms with van der Waals surface area (Å²) >= 11 is 0. The van der Waals surface area contributed by atoms with Crippen molar-refractivity contribution in [3.8, 4) is 0 Å². The zero-order valence-corrected chi connectivity index (χ0v) is 13.7. The van der Waals surface area contributed by atoms with E-state index in [0.29, 0.717) is 5.82 Å². The molecular formula is C18H21FN4O. The van der Waals surface area contributed by atoms with Crippen LogP contribution in [0.1, 0.15) is 17.3 Å². The van der Waals surface area contributed by atoms with Crippen LogP contribution in [0.15, 0.2) is 42.6 Å². The first kappa shape index (κ1) is 16.4. The van der Waals surface area contributed by atoms with Gasteiger partial charge in [0.15, 0.2) is 0 Å². The predicted octanol–water partition coefficient (Wildman–Crippen LogP) is 2.61. The van der Waals surface area contributed by atoms with E-state index in [9.17, 15) is 9.18 Å². The fourth-order valence-electron chi connectivity index (χ4n) is 2.80. The lowest BCUT2D eigenvalue weighted by Crippen LogP contribution is -2.46. The molecule has 2 heterocycles. The molecular weight excluding hydrogens is 307 g/mol. The molecule has 2 aromatic rings. The SMILES string of the molecule is CCN1CCN(c2ccc(NC(=O)c3ccccc3F)nc2)CC1. The minimum Gasteiger partial charge on any atom is -0.368 e. The van der Waals surface area contributed by atoms with Gasteiger partial charge in [-0.1, -0.05) is 19.1 Å². The van der Waals surface area contributed by atoms with Crippen LogP contribution in [0.4, 0.5) is 15.9 Å². The number of piperazine rings is 1. The lowest BCUT2D eigenvalue weighted by molar-refractivity contribution is 0.102. The van der Waals surface area contributed by atoms with Gasteiger partial charge in [-0.25, -0.2) is 9.37 Å². The maximum Gasteiger partial charge on any atom is 0.259 e. The van der Waals surface area contributed by atoms with Crippen LogP contribution in [0.2, 0.25) is 0 Å². The quantitative estimate of drug-likeness (QED) is 0.937. The first-order valence-electron chi connectivity index (χ1n) is 8.16. The molecule has 0 bridgehead atoms. The third-order valence-electron chi connectivity index (χ3n) is 4.29. The molecule has 0 radical (unpaired) electrons. The molecule has 0 aliphatic carbocycles. The van der Waals surface area contributed by atoms with Gasteiger partial charge in [0.05, 0.1) is 17.4 Å². The molecule has 0 spiro atoms. The van der Waals surface area contributed by atoms with Gasteiger partial charge in [-0.2, -0.15) is 0 Å². The normalized spacial score (nSPS) is 15.3. The Labute approximate surface area is 141 Å². The molecule has 1 amide bonds. The van der Waals surface area contributed by atoms with Crippen LogP contribution in [0.3, 0.4) is 0 Å². The Morgan fingerprint density at radius 2 is 1.92 bits per heavy atom. The number of rotatable bonds is 4. The highest BCUT2D eigenvalue weighted by Crippen LogP contribution is 2.18. The summed E-state index contributed by atoms with van der Waals surface area (Å²) in [5, 5.41) is 2.63. The molecule has 1 N–H and O–H groups in total. The number of aromatic nitrogens is 1. The van der Waals surface area contributed by atoms with Gasteiger partial charge in [-0.3, -0.25) is 4.79 Å². The van der Waals surface area contributed by atoms with Crippen molar-refractivity contribution in [2.75, 3.05) is 42.9 Å². The van der Waals surface area contributed by atoms with Gasteiger partial charge in [-0.05, 0) is 30.8 Å². The summed E-state index contributed by atoms with van der Waals surface area (Å²) in [6.07, 6.45) is 1.75. The van der Waals surface area contributed by atoms with E-state index in [2.05, 4.69) is 27.0 Å². The van der Waals surface area contributed by atoms with Gasteiger partial charge in [0, 0.05) is 26.2 Å². The third-order valence-corrected chi connectivity index (χ3v) is 4.29. The molecule has 24 heavy (non-hydrogen) atoms. The Hall–Kier alpha value is -2.47. The highest BCUT2D eigenvalue weighted by atomic mass is 19.1. The van der Waals surface area contributed by atoms with Crippen LogP contribution >= 0.6 is 0 Å². The average Bonchev–Trinajstić information content (AvgIpc) is 2.63. The molecule has 6 heteroatoms. The van der Waals surface area contributed by atoms with Crippen molar-refractivity contribution < 1.29 is 9.18 Å². The van der Waals surface area contributed by atoms with Gasteiger partial charge in [0.1, 0.15) is 11.6 Å². The molecule has 0 atom stereocenters. The van der Waals surface area contributed by atoms with E-state index in [4.69, 9.17) is 0 Å². The maximum atomic E-state index is 13.6. The summed E-state index contributed by atoms with van der Waals surface area (Å²) in [5.74, 6) is -0.621. The van der Waals surface area contributed by atoms with Crippen molar-refractivity contribution in [1.29, 1.82) is 0 Å². The van der Waals surface area contributed by atoms with Crippen molar-refractivity contribution in [1.82, 2.24) is 9.88 Å². The number of hydrogen-bond acceptors (Lipinski definition) is 4. The van der Waals surface area contributed by atoms with Crippen LogP contribution < -0.4 is 10.2 Å².